The zero-order valence-electron chi connectivity index (χ0n) is 11.3. The van der Waals surface area contributed by atoms with Gasteiger partial charge in [0, 0.05) is 22.2 Å². The number of hydrogen-bond acceptors (Lipinski definition) is 3. The first kappa shape index (κ1) is 14.2. The first-order valence-corrected chi connectivity index (χ1v) is 8.54. The van der Waals surface area contributed by atoms with E-state index < -0.39 is 0 Å². The van der Waals surface area contributed by atoms with E-state index in [1.54, 1.807) is 0 Å². The van der Waals surface area contributed by atoms with Gasteiger partial charge in [-0.1, -0.05) is 11.6 Å². The fourth-order valence-electron chi connectivity index (χ4n) is 2.88. The topological polar surface area (TPSA) is 41.1 Å². The number of amides is 1. The molecule has 1 aromatic rings. The summed E-state index contributed by atoms with van der Waals surface area (Å²) in [6.07, 6.45) is 3.05. The van der Waals surface area contributed by atoms with E-state index >= 15 is 0 Å². The maximum absolute atomic E-state index is 12.4. The van der Waals surface area contributed by atoms with Crippen molar-refractivity contribution in [2.45, 2.75) is 30.2 Å². The molecule has 1 fully saturated rings. The van der Waals surface area contributed by atoms with Crippen LogP contribution in [0, 0.1) is 5.92 Å². The van der Waals surface area contributed by atoms with Gasteiger partial charge in [0.05, 0.1) is 12.0 Å². The molecule has 3 nitrogen and oxygen atoms in total. The maximum atomic E-state index is 12.4. The second-order valence-electron chi connectivity index (χ2n) is 5.42. The Balaban J connectivity index is 1.72. The Bertz CT molecular complexity index is 503. The molecular formula is C15H19ClN2OS. The van der Waals surface area contributed by atoms with Crippen molar-refractivity contribution in [2.75, 3.05) is 18.8 Å². The van der Waals surface area contributed by atoms with Crippen LogP contribution in [0.1, 0.15) is 30.9 Å². The highest BCUT2D eigenvalue weighted by atomic mass is 35.5. The Labute approximate surface area is 128 Å². The number of fused-ring (bicyclic) bond motifs is 1. The SMILES string of the molecule is O=C(NC1CCSc2ccc(Cl)cc21)[C@H]1CCCNC1. The lowest BCUT2D eigenvalue weighted by Gasteiger charge is -2.29. The first-order valence-electron chi connectivity index (χ1n) is 7.17. The van der Waals surface area contributed by atoms with Crippen LogP contribution in [0.15, 0.2) is 23.1 Å². The van der Waals surface area contributed by atoms with Gasteiger partial charge >= 0.3 is 0 Å². The zero-order chi connectivity index (χ0) is 13.9. The molecule has 5 heteroatoms. The number of nitrogens with one attached hydrogen (secondary N) is 2. The molecule has 1 unspecified atom stereocenters. The highest BCUT2D eigenvalue weighted by Crippen LogP contribution is 2.37. The van der Waals surface area contributed by atoms with Crippen molar-refractivity contribution >= 4 is 29.3 Å². The third-order valence-corrected chi connectivity index (χ3v) is 5.35. The summed E-state index contributed by atoms with van der Waals surface area (Å²) in [4.78, 5) is 13.6. The Morgan fingerprint density at radius 2 is 2.30 bits per heavy atom. The molecule has 2 heterocycles. The summed E-state index contributed by atoms with van der Waals surface area (Å²) >= 11 is 7.94. The minimum atomic E-state index is 0.111. The van der Waals surface area contributed by atoms with Gasteiger partial charge < -0.3 is 10.6 Å². The zero-order valence-corrected chi connectivity index (χ0v) is 12.9. The van der Waals surface area contributed by atoms with Gasteiger partial charge in [0.2, 0.25) is 5.91 Å². The number of carbonyl (C=O) groups excluding carboxylic acids is 1. The quantitative estimate of drug-likeness (QED) is 0.882. The molecule has 0 aliphatic carbocycles. The molecule has 0 spiro atoms. The lowest BCUT2D eigenvalue weighted by molar-refractivity contribution is -0.126. The Morgan fingerprint density at radius 3 is 3.10 bits per heavy atom. The molecule has 1 aromatic carbocycles. The Kier molecular flexibility index (Phi) is 4.54. The predicted octanol–water partition coefficient (Wildman–Crippen LogP) is 2.99. The number of benzene rings is 1. The number of piperidine rings is 1. The molecule has 2 N–H and O–H groups in total. The normalized spacial score (nSPS) is 25.9. The first-order chi connectivity index (χ1) is 9.74. The average molecular weight is 311 g/mol. The summed E-state index contributed by atoms with van der Waals surface area (Å²) in [5, 5.41) is 7.26. The molecule has 0 saturated carbocycles. The Hall–Kier alpha value is -0.710. The van der Waals surface area contributed by atoms with Crippen LogP contribution in [0.2, 0.25) is 5.02 Å². The van der Waals surface area contributed by atoms with E-state index in [9.17, 15) is 4.79 Å². The van der Waals surface area contributed by atoms with E-state index in [0.717, 1.165) is 43.1 Å². The molecule has 2 atom stereocenters. The molecule has 3 rings (SSSR count). The number of halogens is 1. The van der Waals surface area contributed by atoms with Crippen LogP contribution < -0.4 is 10.6 Å². The van der Waals surface area contributed by atoms with Gasteiger partial charge in [-0.25, -0.2) is 0 Å². The van der Waals surface area contributed by atoms with Gasteiger partial charge in [0.15, 0.2) is 0 Å². The van der Waals surface area contributed by atoms with Crippen molar-refractivity contribution in [2.24, 2.45) is 5.92 Å². The van der Waals surface area contributed by atoms with Crippen LogP contribution in [0.25, 0.3) is 0 Å². The average Bonchev–Trinajstić information content (AvgIpc) is 2.49. The number of rotatable bonds is 2. The number of thioether (sulfide) groups is 1. The third kappa shape index (κ3) is 3.13. The molecule has 0 radical (unpaired) electrons. The lowest BCUT2D eigenvalue weighted by Crippen LogP contribution is -2.42. The van der Waals surface area contributed by atoms with Crippen molar-refractivity contribution in [3.63, 3.8) is 0 Å². The molecule has 1 saturated heterocycles. The molecule has 0 bridgehead atoms. The molecule has 20 heavy (non-hydrogen) atoms. The molecule has 1 amide bonds. The van der Waals surface area contributed by atoms with Gasteiger partial charge in [0.25, 0.3) is 0 Å². The van der Waals surface area contributed by atoms with E-state index in [-0.39, 0.29) is 17.9 Å². The van der Waals surface area contributed by atoms with Gasteiger partial charge in [-0.2, -0.15) is 0 Å². The fourth-order valence-corrected chi connectivity index (χ4v) is 4.17. The van der Waals surface area contributed by atoms with Crippen molar-refractivity contribution in [1.29, 1.82) is 0 Å². The van der Waals surface area contributed by atoms with Gasteiger partial charge in [-0.15, -0.1) is 11.8 Å². The van der Waals surface area contributed by atoms with Crippen LogP contribution in [0.5, 0.6) is 0 Å². The van der Waals surface area contributed by atoms with E-state index in [1.807, 2.05) is 23.9 Å². The van der Waals surface area contributed by atoms with Crippen molar-refractivity contribution in [1.82, 2.24) is 10.6 Å². The predicted molar refractivity (Wildman–Crippen MR) is 83.3 cm³/mol. The van der Waals surface area contributed by atoms with E-state index in [2.05, 4.69) is 16.7 Å². The Morgan fingerprint density at radius 1 is 1.40 bits per heavy atom. The lowest BCUT2D eigenvalue weighted by atomic mass is 9.97. The van der Waals surface area contributed by atoms with E-state index in [0.29, 0.717) is 0 Å². The summed E-state index contributed by atoms with van der Waals surface area (Å²) in [6.45, 7) is 1.83. The molecule has 2 aliphatic heterocycles. The van der Waals surface area contributed by atoms with Crippen molar-refractivity contribution < 1.29 is 4.79 Å². The molecule has 108 valence electrons. The second kappa shape index (κ2) is 6.37. The summed E-state index contributed by atoms with van der Waals surface area (Å²) in [5.74, 6) is 1.34. The van der Waals surface area contributed by atoms with Crippen molar-refractivity contribution in [3.8, 4) is 0 Å². The van der Waals surface area contributed by atoms with Crippen LogP contribution in [-0.4, -0.2) is 24.7 Å². The van der Waals surface area contributed by atoms with Crippen LogP contribution in [-0.2, 0) is 4.79 Å². The number of carbonyl (C=O) groups is 1. The molecular weight excluding hydrogens is 292 g/mol. The third-order valence-electron chi connectivity index (χ3n) is 4.00. The number of hydrogen-bond donors (Lipinski definition) is 2. The van der Waals surface area contributed by atoms with Gasteiger partial charge in [0.1, 0.15) is 0 Å². The minimum Gasteiger partial charge on any atom is -0.349 e. The highest BCUT2D eigenvalue weighted by Gasteiger charge is 2.27. The fraction of sp³-hybridized carbons (Fsp3) is 0.533. The minimum absolute atomic E-state index is 0.111. The monoisotopic (exact) mass is 310 g/mol. The highest BCUT2D eigenvalue weighted by molar-refractivity contribution is 7.99. The van der Waals surface area contributed by atoms with E-state index in [1.165, 1.54) is 10.5 Å². The molecule has 2 aliphatic rings. The second-order valence-corrected chi connectivity index (χ2v) is 7.00. The smallest absolute Gasteiger partial charge is 0.224 e. The summed E-state index contributed by atoms with van der Waals surface area (Å²) in [5.41, 5.74) is 1.17. The van der Waals surface area contributed by atoms with Gasteiger partial charge in [-0.05, 0) is 49.6 Å². The standard InChI is InChI=1S/C15H19ClN2OS/c16-11-3-4-14-12(8-11)13(5-7-20-14)18-15(19)10-2-1-6-17-9-10/h3-4,8,10,13,17H,1-2,5-7,9H2,(H,18,19)/t10-,13?/m0/s1. The van der Waals surface area contributed by atoms with Crippen LogP contribution >= 0.6 is 23.4 Å². The summed E-state index contributed by atoms with van der Waals surface area (Å²) in [7, 11) is 0. The van der Waals surface area contributed by atoms with Crippen LogP contribution in [0.4, 0.5) is 0 Å². The van der Waals surface area contributed by atoms with Crippen molar-refractivity contribution in [3.05, 3.63) is 28.8 Å². The molecule has 0 aromatic heterocycles. The summed E-state index contributed by atoms with van der Waals surface area (Å²) in [6, 6.07) is 6.08. The summed E-state index contributed by atoms with van der Waals surface area (Å²) < 4.78 is 0. The largest absolute Gasteiger partial charge is 0.349 e. The maximum Gasteiger partial charge on any atom is 0.224 e. The van der Waals surface area contributed by atoms with Crippen LogP contribution in [0.3, 0.4) is 0 Å². The van der Waals surface area contributed by atoms with E-state index in [4.69, 9.17) is 11.6 Å². The van der Waals surface area contributed by atoms with Gasteiger partial charge in [-0.3, -0.25) is 4.79 Å².